The molecule has 96 valence electrons. The van der Waals surface area contributed by atoms with Gasteiger partial charge in [0.25, 0.3) is 0 Å². The minimum Gasteiger partial charge on any atom is -0.465 e. The van der Waals surface area contributed by atoms with Crippen LogP contribution in [0.3, 0.4) is 0 Å². The first kappa shape index (κ1) is 14.0. The van der Waals surface area contributed by atoms with Crippen molar-refractivity contribution in [3.8, 4) is 0 Å². The van der Waals surface area contributed by atoms with Gasteiger partial charge in [-0.2, -0.15) is 0 Å². The van der Waals surface area contributed by atoms with Crippen molar-refractivity contribution in [1.82, 2.24) is 0 Å². The fraction of sp³-hybridized carbons (Fsp3) is 0.615. The number of anilines is 1. The standard InChI is InChI=1S/C13H21NO2S/c1-8(2)14-9-7-10(13(3,4)5)17-11(9)12(15)16-6/h7-8,14H,1-6H3. The van der Waals surface area contributed by atoms with Crippen LogP contribution in [0.5, 0.6) is 0 Å². The van der Waals surface area contributed by atoms with Gasteiger partial charge in [-0.1, -0.05) is 20.8 Å². The number of carbonyl (C=O) groups excluding carboxylic acids is 1. The van der Waals surface area contributed by atoms with Crippen LogP contribution in [0.15, 0.2) is 6.07 Å². The Balaban J connectivity index is 3.16. The van der Waals surface area contributed by atoms with E-state index in [4.69, 9.17) is 4.74 Å². The first-order valence-electron chi connectivity index (χ1n) is 5.75. The summed E-state index contributed by atoms with van der Waals surface area (Å²) < 4.78 is 4.82. The molecule has 0 aliphatic heterocycles. The smallest absolute Gasteiger partial charge is 0.350 e. The van der Waals surface area contributed by atoms with Gasteiger partial charge in [0.15, 0.2) is 0 Å². The van der Waals surface area contributed by atoms with Crippen LogP contribution in [0.1, 0.15) is 49.2 Å². The summed E-state index contributed by atoms with van der Waals surface area (Å²) in [6.45, 7) is 10.5. The molecule has 1 aromatic heterocycles. The van der Waals surface area contributed by atoms with Crippen molar-refractivity contribution in [2.75, 3.05) is 12.4 Å². The van der Waals surface area contributed by atoms with Crippen LogP contribution >= 0.6 is 11.3 Å². The lowest BCUT2D eigenvalue weighted by Gasteiger charge is -2.15. The van der Waals surface area contributed by atoms with Gasteiger partial charge in [0.2, 0.25) is 0 Å². The zero-order chi connectivity index (χ0) is 13.2. The summed E-state index contributed by atoms with van der Waals surface area (Å²) in [7, 11) is 1.41. The lowest BCUT2D eigenvalue weighted by atomic mass is 9.94. The summed E-state index contributed by atoms with van der Waals surface area (Å²) in [5, 5.41) is 3.29. The van der Waals surface area contributed by atoms with E-state index in [1.54, 1.807) is 0 Å². The highest BCUT2D eigenvalue weighted by molar-refractivity contribution is 7.14. The number of rotatable bonds is 3. The molecule has 0 saturated carbocycles. The molecular weight excluding hydrogens is 234 g/mol. The average molecular weight is 255 g/mol. The lowest BCUT2D eigenvalue weighted by molar-refractivity contribution is 0.0607. The topological polar surface area (TPSA) is 38.3 Å². The second-order valence-corrected chi connectivity index (χ2v) is 6.45. The Hall–Kier alpha value is -1.03. The van der Waals surface area contributed by atoms with Crippen LogP contribution in [0, 0.1) is 0 Å². The number of methoxy groups -OCH3 is 1. The third-order valence-corrected chi connectivity index (χ3v) is 3.83. The average Bonchev–Trinajstić information content (AvgIpc) is 2.59. The number of carbonyl (C=O) groups is 1. The fourth-order valence-electron chi connectivity index (χ4n) is 1.42. The van der Waals surface area contributed by atoms with Crippen molar-refractivity contribution in [3.05, 3.63) is 15.8 Å². The van der Waals surface area contributed by atoms with Gasteiger partial charge >= 0.3 is 5.97 Å². The van der Waals surface area contributed by atoms with Crippen LogP contribution in [0.2, 0.25) is 0 Å². The summed E-state index contributed by atoms with van der Waals surface area (Å²) in [4.78, 5) is 13.5. The maximum atomic E-state index is 11.7. The SMILES string of the molecule is COC(=O)c1sc(C(C)(C)C)cc1NC(C)C. The molecule has 0 aliphatic carbocycles. The van der Waals surface area contributed by atoms with Gasteiger partial charge in [-0.3, -0.25) is 0 Å². The molecule has 0 radical (unpaired) electrons. The van der Waals surface area contributed by atoms with E-state index in [1.807, 2.05) is 0 Å². The Morgan fingerprint density at radius 3 is 2.41 bits per heavy atom. The van der Waals surface area contributed by atoms with Crippen LogP contribution in [0.4, 0.5) is 5.69 Å². The van der Waals surface area contributed by atoms with Crippen LogP contribution in [0.25, 0.3) is 0 Å². The quantitative estimate of drug-likeness (QED) is 0.838. The van der Waals surface area contributed by atoms with Crippen LogP contribution in [-0.4, -0.2) is 19.1 Å². The van der Waals surface area contributed by atoms with Crippen molar-refractivity contribution < 1.29 is 9.53 Å². The molecule has 0 aromatic carbocycles. The van der Waals surface area contributed by atoms with E-state index >= 15 is 0 Å². The molecule has 0 bridgehead atoms. The Bertz CT molecular complexity index is 402. The lowest BCUT2D eigenvalue weighted by Crippen LogP contribution is -2.12. The predicted octanol–water partition coefficient (Wildman–Crippen LogP) is 3.65. The number of esters is 1. The number of thiophene rings is 1. The van der Waals surface area contributed by atoms with Gasteiger partial charge < -0.3 is 10.1 Å². The molecule has 1 aromatic rings. The first-order valence-corrected chi connectivity index (χ1v) is 6.56. The van der Waals surface area contributed by atoms with E-state index in [0.717, 1.165) is 5.69 Å². The minimum absolute atomic E-state index is 0.0460. The number of ether oxygens (including phenoxy) is 1. The van der Waals surface area contributed by atoms with Gasteiger partial charge in [0.1, 0.15) is 4.88 Å². The maximum Gasteiger partial charge on any atom is 0.350 e. The summed E-state index contributed by atoms with van der Waals surface area (Å²) in [5.41, 5.74) is 0.923. The first-order chi connectivity index (χ1) is 7.75. The molecule has 0 aliphatic rings. The number of hydrogen-bond acceptors (Lipinski definition) is 4. The molecule has 1 heterocycles. The highest BCUT2D eigenvalue weighted by Gasteiger charge is 2.23. The zero-order valence-corrected chi connectivity index (χ0v) is 12.2. The van der Waals surface area contributed by atoms with E-state index in [1.165, 1.54) is 23.3 Å². The third-order valence-electron chi connectivity index (χ3n) is 2.29. The monoisotopic (exact) mass is 255 g/mol. The van der Waals surface area contributed by atoms with E-state index in [9.17, 15) is 4.79 Å². The van der Waals surface area contributed by atoms with E-state index in [0.29, 0.717) is 10.9 Å². The Morgan fingerprint density at radius 2 is 2.00 bits per heavy atom. The molecular formula is C13H21NO2S. The molecule has 4 heteroatoms. The molecule has 0 unspecified atom stereocenters. The van der Waals surface area contributed by atoms with Crippen molar-refractivity contribution in [3.63, 3.8) is 0 Å². The largest absolute Gasteiger partial charge is 0.465 e. The highest BCUT2D eigenvalue weighted by atomic mass is 32.1. The van der Waals surface area contributed by atoms with Crippen molar-refractivity contribution >= 4 is 23.0 Å². The predicted molar refractivity (Wildman–Crippen MR) is 73.1 cm³/mol. The highest BCUT2D eigenvalue weighted by Crippen LogP contribution is 2.36. The van der Waals surface area contributed by atoms with Crippen molar-refractivity contribution in [2.45, 2.75) is 46.1 Å². The van der Waals surface area contributed by atoms with Gasteiger partial charge in [0, 0.05) is 10.9 Å². The number of hydrogen-bond donors (Lipinski definition) is 1. The molecule has 0 spiro atoms. The second kappa shape index (κ2) is 5.08. The van der Waals surface area contributed by atoms with E-state index < -0.39 is 0 Å². The minimum atomic E-state index is -0.270. The van der Waals surface area contributed by atoms with E-state index in [2.05, 4.69) is 46.0 Å². The van der Waals surface area contributed by atoms with Crippen molar-refractivity contribution in [1.29, 1.82) is 0 Å². The zero-order valence-electron chi connectivity index (χ0n) is 11.4. The summed E-state index contributed by atoms with van der Waals surface area (Å²) in [6.07, 6.45) is 0. The van der Waals surface area contributed by atoms with Gasteiger partial charge in [-0.25, -0.2) is 4.79 Å². The maximum absolute atomic E-state index is 11.7. The molecule has 0 fully saturated rings. The summed E-state index contributed by atoms with van der Waals surface area (Å²) in [5.74, 6) is -0.270. The second-order valence-electron chi connectivity index (χ2n) is 5.39. The van der Waals surface area contributed by atoms with Crippen molar-refractivity contribution in [2.24, 2.45) is 0 Å². The molecule has 0 saturated heterocycles. The van der Waals surface area contributed by atoms with Gasteiger partial charge in [-0.05, 0) is 25.3 Å². The molecule has 0 amide bonds. The van der Waals surface area contributed by atoms with Gasteiger partial charge in [0.05, 0.1) is 12.8 Å². The van der Waals surface area contributed by atoms with Crippen LogP contribution < -0.4 is 5.32 Å². The Morgan fingerprint density at radius 1 is 1.41 bits per heavy atom. The van der Waals surface area contributed by atoms with E-state index in [-0.39, 0.29) is 11.4 Å². The normalized spacial score (nSPS) is 11.7. The molecule has 1 N–H and O–H groups in total. The Labute approximate surface area is 107 Å². The summed E-state index contributed by atoms with van der Waals surface area (Å²) in [6, 6.07) is 2.34. The fourth-order valence-corrected chi connectivity index (χ4v) is 2.52. The third kappa shape index (κ3) is 3.46. The Kier molecular flexibility index (Phi) is 4.20. The van der Waals surface area contributed by atoms with Gasteiger partial charge in [-0.15, -0.1) is 11.3 Å². The van der Waals surface area contributed by atoms with Crippen LogP contribution in [-0.2, 0) is 10.2 Å². The molecule has 0 atom stereocenters. The molecule has 17 heavy (non-hydrogen) atoms. The number of nitrogens with one attached hydrogen (secondary N) is 1. The molecule has 1 rings (SSSR count). The molecule has 3 nitrogen and oxygen atoms in total. The summed E-state index contributed by atoms with van der Waals surface area (Å²) >= 11 is 1.50.